The molecular formula is C11H9BrN4O2S. The van der Waals surface area contributed by atoms with Crippen LogP contribution in [0.15, 0.2) is 16.2 Å². The molecule has 0 N–H and O–H groups in total. The fraction of sp³-hybridized carbons (Fsp3) is 0.273. The minimum atomic E-state index is -0.536. The summed E-state index contributed by atoms with van der Waals surface area (Å²) >= 11 is 4.79. The van der Waals surface area contributed by atoms with Gasteiger partial charge >= 0.3 is 5.97 Å². The zero-order valence-corrected chi connectivity index (χ0v) is 12.4. The van der Waals surface area contributed by atoms with Crippen LogP contribution in [0.2, 0.25) is 0 Å². The Kier molecular flexibility index (Phi) is 4.29. The Hall–Kier alpha value is -1.72. The summed E-state index contributed by atoms with van der Waals surface area (Å²) in [6.45, 7) is 2.38. The average Bonchev–Trinajstić information content (AvgIpc) is 2.96. The molecule has 2 heterocycles. The number of rotatable bonds is 4. The molecule has 0 aromatic carbocycles. The molecule has 0 aliphatic heterocycles. The van der Waals surface area contributed by atoms with Crippen molar-refractivity contribution in [2.24, 2.45) is 0 Å². The van der Waals surface area contributed by atoms with Crippen molar-refractivity contribution in [3.63, 3.8) is 0 Å². The van der Waals surface area contributed by atoms with Crippen molar-refractivity contribution in [3.8, 4) is 6.07 Å². The van der Waals surface area contributed by atoms with Crippen molar-refractivity contribution >= 4 is 33.2 Å². The summed E-state index contributed by atoms with van der Waals surface area (Å²) in [4.78, 5) is 15.8. The number of thiazole rings is 1. The number of ether oxygens (including phenoxy) is 1. The SMILES string of the molecule is CCOC(=O)c1cn(Cc2ncc(Br)s2)nc1C#N. The highest BCUT2D eigenvalue weighted by atomic mass is 79.9. The first kappa shape index (κ1) is 13.7. The van der Waals surface area contributed by atoms with Crippen LogP contribution in [-0.2, 0) is 11.3 Å². The van der Waals surface area contributed by atoms with Gasteiger partial charge in [-0.15, -0.1) is 11.3 Å². The van der Waals surface area contributed by atoms with E-state index in [2.05, 4.69) is 26.0 Å². The van der Waals surface area contributed by atoms with Gasteiger partial charge in [0.1, 0.15) is 16.6 Å². The van der Waals surface area contributed by atoms with Crippen LogP contribution in [0.5, 0.6) is 0 Å². The third-order valence-electron chi connectivity index (χ3n) is 2.19. The Labute approximate surface area is 121 Å². The van der Waals surface area contributed by atoms with Crippen molar-refractivity contribution in [1.29, 1.82) is 5.26 Å². The molecule has 0 unspecified atom stereocenters. The Morgan fingerprint density at radius 2 is 2.47 bits per heavy atom. The second kappa shape index (κ2) is 5.95. The van der Waals surface area contributed by atoms with Gasteiger partial charge in [0.2, 0.25) is 0 Å². The molecule has 2 rings (SSSR count). The van der Waals surface area contributed by atoms with Crippen molar-refractivity contribution in [2.45, 2.75) is 13.5 Å². The predicted molar refractivity (Wildman–Crippen MR) is 71.8 cm³/mol. The number of hydrogen-bond acceptors (Lipinski definition) is 6. The molecule has 2 aromatic heterocycles. The first-order valence-corrected chi connectivity index (χ1v) is 7.00. The number of carbonyl (C=O) groups is 1. The van der Waals surface area contributed by atoms with E-state index in [1.54, 1.807) is 13.1 Å². The maximum atomic E-state index is 11.6. The fourth-order valence-corrected chi connectivity index (χ4v) is 2.74. The lowest BCUT2D eigenvalue weighted by Gasteiger charge is -1.97. The van der Waals surface area contributed by atoms with Gasteiger partial charge in [-0.2, -0.15) is 10.4 Å². The summed E-state index contributed by atoms with van der Waals surface area (Å²) in [7, 11) is 0. The molecular weight excluding hydrogens is 332 g/mol. The van der Waals surface area contributed by atoms with Crippen LogP contribution in [0.1, 0.15) is 28.0 Å². The van der Waals surface area contributed by atoms with Gasteiger partial charge in [-0.05, 0) is 22.9 Å². The number of nitrogens with zero attached hydrogens (tertiary/aromatic N) is 4. The molecule has 98 valence electrons. The fourth-order valence-electron chi connectivity index (χ4n) is 1.44. The Bertz CT molecular complexity index is 643. The quantitative estimate of drug-likeness (QED) is 0.797. The predicted octanol–water partition coefficient (Wildman–Crippen LogP) is 2.20. The zero-order valence-electron chi connectivity index (χ0n) is 9.96. The third kappa shape index (κ3) is 3.19. The largest absolute Gasteiger partial charge is 0.462 e. The normalized spacial score (nSPS) is 10.2. The number of halogens is 1. The summed E-state index contributed by atoms with van der Waals surface area (Å²) in [5, 5.41) is 13.8. The van der Waals surface area contributed by atoms with E-state index in [1.165, 1.54) is 22.2 Å². The van der Waals surface area contributed by atoms with Crippen LogP contribution >= 0.6 is 27.3 Å². The van der Waals surface area contributed by atoms with Crippen LogP contribution in [0.25, 0.3) is 0 Å². The molecule has 6 nitrogen and oxygen atoms in total. The van der Waals surface area contributed by atoms with Crippen LogP contribution in [0, 0.1) is 11.3 Å². The van der Waals surface area contributed by atoms with Crippen molar-refractivity contribution < 1.29 is 9.53 Å². The molecule has 0 spiro atoms. The number of nitriles is 1. The summed E-state index contributed by atoms with van der Waals surface area (Å²) in [5.74, 6) is -0.536. The highest BCUT2D eigenvalue weighted by Crippen LogP contribution is 2.20. The lowest BCUT2D eigenvalue weighted by Crippen LogP contribution is -2.05. The molecule has 0 radical (unpaired) electrons. The molecule has 19 heavy (non-hydrogen) atoms. The van der Waals surface area contributed by atoms with Gasteiger partial charge in [-0.1, -0.05) is 0 Å². The van der Waals surface area contributed by atoms with Gasteiger partial charge in [-0.3, -0.25) is 4.68 Å². The topological polar surface area (TPSA) is 80.8 Å². The van der Waals surface area contributed by atoms with Crippen LogP contribution in [0.4, 0.5) is 0 Å². The molecule has 8 heteroatoms. The Morgan fingerprint density at radius 3 is 3.05 bits per heavy atom. The van der Waals surface area contributed by atoms with Crippen LogP contribution in [-0.4, -0.2) is 27.3 Å². The zero-order chi connectivity index (χ0) is 13.8. The number of carbonyl (C=O) groups excluding carboxylic acids is 1. The average molecular weight is 341 g/mol. The lowest BCUT2D eigenvalue weighted by atomic mass is 10.3. The summed E-state index contributed by atoms with van der Waals surface area (Å²) < 4.78 is 7.30. The van der Waals surface area contributed by atoms with Crippen molar-refractivity contribution in [3.05, 3.63) is 32.4 Å². The summed E-state index contributed by atoms with van der Waals surface area (Å²) in [6, 6.07) is 1.89. The lowest BCUT2D eigenvalue weighted by molar-refractivity contribution is 0.0526. The van der Waals surface area contributed by atoms with E-state index in [-0.39, 0.29) is 17.9 Å². The highest BCUT2D eigenvalue weighted by Gasteiger charge is 2.17. The second-order valence-corrected chi connectivity index (χ2v) is 5.97. The second-order valence-electron chi connectivity index (χ2n) is 3.48. The molecule has 0 fully saturated rings. The minimum Gasteiger partial charge on any atom is -0.462 e. The highest BCUT2D eigenvalue weighted by molar-refractivity contribution is 9.11. The number of aromatic nitrogens is 3. The van der Waals surface area contributed by atoms with Gasteiger partial charge in [0.05, 0.1) is 23.1 Å². The molecule has 0 amide bonds. The first-order valence-electron chi connectivity index (χ1n) is 5.39. The maximum Gasteiger partial charge on any atom is 0.342 e. The molecule has 2 aromatic rings. The molecule has 0 aliphatic rings. The number of hydrogen-bond donors (Lipinski definition) is 0. The van der Waals surface area contributed by atoms with Gasteiger partial charge in [0.15, 0.2) is 5.69 Å². The van der Waals surface area contributed by atoms with E-state index in [9.17, 15) is 4.79 Å². The van der Waals surface area contributed by atoms with E-state index in [0.717, 1.165) is 8.79 Å². The Morgan fingerprint density at radius 1 is 1.68 bits per heavy atom. The minimum absolute atomic E-state index is 0.0640. The van der Waals surface area contributed by atoms with Crippen molar-refractivity contribution in [2.75, 3.05) is 6.61 Å². The van der Waals surface area contributed by atoms with Gasteiger partial charge in [0.25, 0.3) is 0 Å². The van der Waals surface area contributed by atoms with Gasteiger partial charge < -0.3 is 4.74 Å². The van der Waals surface area contributed by atoms with E-state index in [1.807, 2.05) is 6.07 Å². The van der Waals surface area contributed by atoms with E-state index in [0.29, 0.717) is 6.54 Å². The van der Waals surface area contributed by atoms with Gasteiger partial charge in [0, 0.05) is 6.20 Å². The Balaban J connectivity index is 2.24. The first-order chi connectivity index (χ1) is 9.13. The monoisotopic (exact) mass is 340 g/mol. The van der Waals surface area contributed by atoms with E-state index < -0.39 is 5.97 Å². The van der Waals surface area contributed by atoms with Crippen molar-refractivity contribution in [1.82, 2.24) is 14.8 Å². The molecule has 0 saturated carbocycles. The van der Waals surface area contributed by atoms with E-state index in [4.69, 9.17) is 10.00 Å². The van der Waals surface area contributed by atoms with Crippen LogP contribution in [0.3, 0.4) is 0 Å². The van der Waals surface area contributed by atoms with E-state index >= 15 is 0 Å². The summed E-state index contributed by atoms with van der Waals surface area (Å²) in [6.07, 6.45) is 3.20. The molecule has 0 saturated heterocycles. The molecule has 0 atom stereocenters. The van der Waals surface area contributed by atoms with Crippen LogP contribution < -0.4 is 0 Å². The molecule has 0 bridgehead atoms. The smallest absolute Gasteiger partial charge is 0.342 e. The standard InChI is InChI=1S/C11H9BrN4O2S/c1-2-18-11(17)7-5-16(15-8(7)3-13)6-10-14-4-9(12)19-10/h4-5H,2,6H2,1H3. The summed E-state index contributed by atoms with van der Waals surface area (Å²) in [5.41, 5.74) is 0.244. The maximum absolute atomic E-state index is 11.6. The molecule has 0 aliphatic carbocycles. The third-order valence-corrected chi connectivity index (χ3v) is 3.65. The number of esters is 1. The van der Waals surface area contributed by atoms with Gasteiger partial charge in [-0.25, -0.2) is 9.78 Å².